The molecule has 0 amide bonds. The molecule has 0 aliphatic carbocycles. The van der Waals surface area contributed by atoms with Crippen LogP contribution in [0.4, 0.5) is 26.3 Å². The number of ether oxygens (including phenoxy) is 3. The number of rotatable bonds is 13. The van der Waals surface area contributed by atoms with Crippen LogP contribution in [0.5, 0.6) is 11.5 Å². The maximum absolute atomic E-state index is 12.4. The van der Waals surface area contributed by atoms with Crippen LogP contribution in [0.15, 0.2) is 48.5 Å². The minimum atomic E-state index is -4.82. The SMILES string of the molecule is CC(C)(C)[S@@](=O)N[C@@H](CCO)c1cccc(OC(F)(F)F)c1.CCOC(=O)C[C@H](N[S@](=O)C(C)(C)C)c1cccc(OC(F)(F)F)c1.[AlH3].[H-].[Li+]. The number of hydrogen-bond acceptors (Lipinski definition) is 7. The fourth-order valence-corrected chi connectivity index (χ4v) is 5.20. The van der Waals surface area contributed by atoms with Crippen molar-refractivity contribution in [3.8, 4) is 11.5 Å². The molecule has 0 spiro atoms. The fraction of sp³-hybridized carbons (Fsp3) is 0.567. The molecule has 0 fully saturated rings. The zero-order valence-corrected chi connectivity index (χ0v) is 29.7. The van der Waals surface area contributed by atoms with E-state index in [-0.39, 0.29) is 69.5 Å². The van der Waals surface area contributed by atoms with Crippen molar-refractivity contribution in [2.45, 2.75) is 95.6 Å². The molecular weight excluding hydrogens is 712 g/mol. The van der Waals surface area contributed by atoms with Gasteiger partial charge in [-0.2, -0.15) is 0 Å². The first-order chi connectivity index (χ1) is 21.4. The number of carbonyl (C=O) groups is 1. The molecule has 9 nitrogen and oxygen atoms in total. The average Bonchev–Trinajstić information content (AvgIpc) is 2.90. The van der Waals surface area contributed by atoms with Crippen LogP contribution >= 0.6 is 0 Å². The Kier molecular flexibility index (Phi) is 21.9. The second kappa shape index (κ2) is 21.7. The topological polar surface area (TPSA) is 123 Å². The second-order valence-electron chi connectivity index (χ2n) is 11.9. The molecule has 0 aliphatic heterocycles. The molecule has 0 heterocycles. The predicted molar refractivity (Wildman–Crippen MR) is 178 cm³/mol. The van der Waals surface area contributed by atoms with Crippen LogP contribution in [0, 0.1) is 0 Å². The maximum Gasteiger partial charge on any atom is 1.00 e. The molecule has 49 heavy (non-hydrogen) atoms. The van der Waals surface area contributed by atoms with Gasteiger partial charge in [-0.1, -0.05) is 24.3 Å². The smallest absolute Gasteiger partial charge is 1.00 e. The molecule has 0 aliphatic rings. The van der Waals surface area contributed by atoms with E-state index in [2.05, 4.69) is 18.9 Å². The van der Waals surface area contributed by atoms with Crippen LogP contribution in [0.3, 0.4) is 0 Å². The Morgan fingerprint density at radius 2 is 1.18 bits per heavy atom. The number of esters is 1. The van der Waals surface area contributed by atoms with E-state index in [1.54, 1.807) is 54.5 Å². The number of carbonyl (C=O) groups excluding carboxylic acids is 1. The summed E-state index contributed by atoms with van der Waals surface area (Å²) in [6, 6.07) is 9.31. The van der Waals surface area contributed by atoms with E-state index in [9.17, 15) is 39.6 Å². The number of hydrogen-bond donors (Lipinski definition) is 3. The van der Waals surface area contributed by atoms with E-state index in [0.717, 1.165) is 12.1 Å². The van der Waals surface area contributed by atoms with E-state index in [4.69, 9.17) is 9.84 Å². The Labute approximate surface area is 312 Å². The van der Waals surface area contributed by atoms with Crippen LogP contribution in [-0.4, -0.2) is 72.3 Å². The first-order valence-corrected chi connectivity index (χ1v) is 16.6. The van der Waals surface area contributed by atoms with Gasteiger partial charge in [0.2, 0.25) is 0 Å². The number of benzene rings is 2. The van der Waals surface area contributed by atoms with Crippen molar-refractivity contribution in [3.63, 3.8) is 0 Å². The van der Waals surface area contributed by atoms with Gasteiger partial charge in [-0.05, 0) is 90.3 Å². The van der Waals surface area contributed by atoms with E-state index < -0.39 is 68.0 Å². The Hall–Kier alpha value is -1.60. The number of alkyl halides is 6. The zero-order chi connectivity index (χ0) is 36.2. The summed E-state index contributed by atoms with van der Waals surface area (Å²) in [6.45, 7) is 12.2. The molecule has 4 atom stereocenters. The quantitative estimate of drug-likeness (QED) is 0.163. The standard InChI is InChI=1S/C16H22F3NO4S.C14H20F3NO3S.Al.Li.4H/c1-5-23-14(21)10-13(20-25(22)15(2,3)4)11-7-6-8-12(9-11)24-16(17,18)19;1-13(2,3)22(20)18-12(7-8-19)10-5-4-6-11(9-10)21-14(15,16)17;;;;;;/h6-9,13,20H,5,10H2,1-4H3;4-6,9,12,18-19H,7-8H2,1-3H3;;;;;;/q;;;+1;;;;-1/t13-,25+;12-,22+;;;;;;/m00....../s1. The third kappa shape index (κ3) is 20.7. The molecule has 0 unspecified atom stereocenters. The van der Waals surface area contributed by atoms with E-state index in [0.29, 0.717) is 11.1 Å². The van der Waals surface area contributed by atoms with Crippen molar-refractivity contribution in [1.82, 2.24) is 9.44 Å². The minimum Gasteiger partial charge on any atom is -1.00 e. The van der Waals surface area contributed by atoms with Gasteiger partial charge in [-0.25, -0.2) is 17.9 Å². The van der Waals surface area contributed by atoms with Crippen molar-refractivity contribution in [1.29, 1.82) is 0 Å². The molecule has 0 radical (unpaired) electrons. The Morgan fingerprint density at radius 1 is 0.796 bits per heavy atom. The second-order valence-corrected chi connectivity index (χ2v) is 15.9. The molecule has 2 rings (SSSR count). The number of aliphatic hydroxyl groups excluding tert-OH is 1. The zero-order valence-electron chi connectivity index (χ0n) is 29.1. The third-order valence-electron chi connectivity index (χ3n) is 5.69. The van der Waals surface area contributed by atoms with Crippen LogP contribution in [-0.2, 0) is 31.5 Å². The third-order valence-corrected chi connectivity index (χ3v) is 8.91. The summed E-state index contributed by atoms with van der Waals surface area (Å²) in [5.41, 5.74) is 0.806. The van der Waals surface area contributed by atoms with Crippen LogP contribution in [0.2, 0.25) is 0 Å². The van der Waals surface area contributed by atoms with Crippen molar-refractivity contribution >= 4 is 45.3 Å². The van der Waals surface area contributed by atoms with E-state index >= 15 is 0 Å². The normalized spacial score (nSPS) is 14.4. The van der Waals surface area contributed by atoms with Gasteiger partial charge in [0.15, 0.2) is 17.4 Å². The van der Waals surface area contributed by atoms with Gasteiger partial charge in [0.25, 0.3) is 0 Å². The fourth-order valence-electron chi connectivity index (χ4n) is 3.51. The van der Waals surface area contributed by atoms with Gasteiger partial charge >= 0.3 is 37.6 Å². The van der Waals surface area contributed by atoms with Crippen LogP contribution < -0.4 is 37.8 Å². The van der Waals surface area contributed by atoms with Crippen molar-refractivity contribution < 1.29 is 79.2 Å². The number of aliphatic hydroxyl groups is 1. The summed E-state index contributed by atoms with van der Waals surface area (Å²) < 4.78 is 116. The predicted octanol–water partition coefficient (Wildman–Crippen LogP) is 2.62. The monoisotopic (exact) mass is 758 g/mol. The molecule has 0 bridgehead atoms. The average molecular weight is 759 g/mol. The van der Waals surface area contributed by atoms with Crippen LogP contribution in [0.25, 0.3) is 0 Å². The summed E-state index contributed by atoms with van der Waals surface area (Å²) in [6.07, 6.45) is -9.55. The van der Waals surface area contributed by atoms with Gasteiger partial charge in [0.1, 0.15) is 11.5 Å². The molecule has 19 heteroatoms. The van der Waals surface area contributed by atoms with Crippen LogP contribution in [0.1, 0.15) is 85.9 Å². The Bertz CT molecular complexity index is 1350. The van der Waals surface area contributed by atoms with Gasteiger partial charge in [0.05, 0.1) is 50.5 Å². The summed E-state index contributed by atoms with van der Waals surface area (Å²) in [5.74, 6) is -1.31. The summed E-state index contributed by atoms with van der Waals surface area (Å²) in [7, 11) is -2.95. The molecule has 3 N–H and O–H groups in total. The summed E-state index contributed by atoms with van der Waals surface area (Å²) in [4.78, 5) is 11.8. The molecule has 2 aromatic rings. The maximum atomic E-state index is 12.4. The molecule has 2 aromatic carbocycles. The Balaban J connectivity index is -0.000000839. The van der Waals surface area contributed by atoms with E-state index in [1.807, 2.05) is 0 Å². The van der Waals surface area contributed by atoms with Gasteiger partial charge in [-0.3, -0.25) is 4.79 Å². The van der Waals surface area contributed by atoms with Crippen molar-refractivity contribution in [2.75, 3.05) is 13.2 Å². The molecular formula is C30H46AlF6LiN2O7S2. The van der Waals surface area contributed by atoms with Gasteiger partial charge < -0.3 is 20.7 Å². The van der Waals surface area contributed by atoms with Gasteiger partial charge in [0, 0.05) is 12.6 Å². The molecule has 0 aromatic heterocycles. The first-order valence-electron chi connectivity index (χ1n) is 14.3. The molecule has 276 valence electrons. The van der Waals surface area contributed by atoms with Crippen molar-refractivity contribution in [3.05, 3.63) is 59.7 Å². The minimum absolute atomic E-state index is 0. The number of nitrogens with one attached hydrogen (secondary N) is 2. The summed E-state index contributed by atoms with van der Waals surface area (Å²) in [5, 5.41) is 9.12. The first kappa shape index (κ1) is 49.5. The number of halogens is 6. The van der Waals surface area contributed by atoms with Gasteiger partial charge in [-0.15, -0.1) is 26.3 Å². The largest absolute Gasteiger partial charge is 1.00 e. The van der Waals surface area contributed by atoms with E-state index in [1.165, 1.54) is 30.3 Å². The molecule has 0 saturated heterocycles. The summed E-state index contributed by atoms with van der Waals surface area (Å²) >= 11 is 0. The Morgan fingerprint density at radius 3 is 1.53 bits per heavy atom. The molecule has 0 saturated carbocycles. The van der Waals surface area contributed by atoms with Crippen molar-refractivity contribution in [2.24, 2.45) is 0 Å².